The number of rotatable bonds is 3. The molecule has 0 unspecified atom stereocenters. The molecule has 1 amide bonds. The van der Waals surface area contributed by atoms with Crippen molar-refractivity contribution >= 4 is 11.9 Å². The van der Waals surface area contributed by atoms with Gasteiger partial charge in [0.1, 0.15) is 12.1 Å². The Balaban J connectivity index is 1.33. The summed E-state index contributed by atoms with van der Waals surface area (Å²) in [5.41, 5.74) is 2.44. The van der Waals surface area contributed by atoms with Crippen LogP contribution < -0.4 is 5.32 Å². The van der Waals surface area contributed by atoms with Crippen LogP contribution in [0.1, 0.15) is 49.8 Å². The standard InChI is InChI=1S/C19H26N4O2/c24-18(25)23-2-1-15-16(9-23)21-11-22-17(15)20-10-19-6-12-3-13(7-19)5-14(4-12)8-19/h11-14H,1-10H2,(H,24,25)(H,20,21,22). The number of anilines is 1. The summed E-state index contributed by atoms with van der Waals surface area (Å²) in [4.78, 5) is 21.5. The van der Waals surface area contributed by atoms with Crippen molar-refractivity contribution in [2.45, 2.75) is 51.5 Å². The van der Waals surface area contributed by atoms with Gasteiger partial charge in [0.25, 0.3) is 0 Å². The fourth-order valence-corrected chi connectivity index (χ4v) is 6.45. The highest BCUT2D eigenvalue weighted by Crippen LogP contribution is 2.59. The molecule has 25 heavy (non-hydrogen) atoms. The van der Waals surface area contributed by atoms with Gasteiger partial charge >= 0.3 is 6.09 Å². The van der Waals surface area contributed by atoms with Crippen molar-refractivity contribution in [2.24, 2.45) is 23.2 Å². The van der Waals surface area contributed by atoms with E-state index in [0.29, 0.717) is 24.9 Å². The Hall–Kier alpha value is -1.85. The molecule has 0 saturated heterocycles. The Labute approximate surface area is 148 Å². The summed E-state index contributed by atoms with van der Waals surface area (Å²) >= 11 is 0. The van der Waals surface area contributed by atoms with Crippen molar-refractivity contribution in [3.05, 3.63) is 17.6 Å². The Morgan fingerprint density at radius 3 is 2.52 bits per heavy atom. The van der Waals surface area contributed by atoms with Gasteiger partial charge in [0.05, 0.1) is 12.2 Å². The molecule has 6 heteroatoms. The molecule has 6 nitrogen and oxygen atoms in total. The van der Waals surface area contributed by atoms with E-state index >= 15 is 0 Å². The largest absolute Gasteiger partial charge is 0.465 e. The van der Waals surface area contributed by atoms with E-state index in [0.717, 1.165) is 41.4 Å². The molecule has 4 fully saturated rings. The van der Waals surface area contributed by atoms with Gasteiger partial charge < -0.3 is 15.3 Å². The van der Waals surface area contributed by atoms with Crippen LogP contribution in [0, 0.1) is 23.2 Å². The lowest BCUT2D eigenvalue weighted by molar-refractivity contribution is -0.0444. The molecule has 4 saturated carbocycles. The van der Waals surface area contributed by atoms with E-state index in [-0.39, 0.29) is 0 Å². The van der Waals surface area contributed by atoms with Crippen molar-refractivity contribution in [2.75, 3.05) is 18.4 Å². The minimum absolute atomic E-state index is 0.374. The van der Waals surface area contributed by atoms with Gasteiger partial charge in [0.2, 0.25) is 0 Å². The SMILES string of the molecule is O=C(O)N1CCc2c(ncnc2NCC23CC4CC(CC(C4)C2)C3)C1. The van der Waals surface area contributed by atoms with Crippen LogP contribution in [0.25, 0.3) is 0 Å². The lowest BCUT2D eigenvalue weighted by Crippen LogP contribution is -2.49. The molecule has 0 radical (unpaired) electrons. The highest BCUT2D eigenvalue weighted by molar-refractivity contribution is 5.66. The maximum absolute atomic E-state index is 11.2. The summed E-state index contributed by atoms with van der Waals surface area (Å²) in [6.45, 7) is 1.92. The fourth-order valence-electron chi connectivity index (χ4n) is 6.45. The van der Waals surface area contributed by atoms with E-state index in [1.165, 1.54) is 43.4 Å². The normalized spacial score (nSPS) is 35.5. The average Bonchev–Trinajstić information content (AvgIpc) is 2.58. The van der Waals surface area contributed by atoms with E-state index < -0.39 is 6.09 Å². The molecule has 0 atom stereocenters. The summed E-state index contributed by atoms with van der Waals surface area (Å²) in [6.07, 6.45) is 9.95. The predicted molar refractivity (Wildman–Crippen MR) is 93.3 cm³/mol. The number of hydrogen-bond acceptors (Lipinski definition) is 4. The van der Waals surface area contributed by atoms with Crippen LogP contribution in [0.2, 0.25) is 0 Å². The molecule has 134 valence electrons. The number of hydrogen-bond donors (Lipinski definition) is 2. The third-order valence-electron chi connectivity index (χ3n) is 7.07. The van der Waals surface area contributed by atoms with E-state index in [1.54, 1.807) is 6.33 Å². The van der Waals surface area contributed by atoms with E-state index in [9.17, 15) is 9.90 Å². The number of fused-ring (bicyclic) bond motifs is 1. The Morgan fingerprint density at radius 2 is 1.88 bits per heavy atom. The molecule has 4 bridgehead atoms. The van der Waals surface area contributed by atoms with Gasteiger partial charge in [-0.25, -0.2) is 14.8 Å². The Kier molecular flexibility index (Phi) is 3.44. The van der Waals surface area contributed by atoms with Crippen LogP contribution in [-0.2, 0) is 13.0 Å². The topological polar surface area (TPSA) is 78.3 Å². The smallest absolute Gasteiger partial charge is 0.407 e. The third-order valence-corrected chi connectivity index (χ3v) is 7.07. The van der Waals surface area contributed by atoms with Crippen molar-refractivity contribution in [1.82, 2.24) is 14.9 Å². The van der Waals surface area contributed by atoms with Gasteiger partial charge in [-0.2, -0.15) is 0 Å². The number of nitrogens with zero attached hydrogens (tertiary/aromatic N) is 3. The van der Waals surface area contributed by atoms with Gasteiger partial charge in [-0.1, -0.05) is 0 Å². The average molecular weight is 342 g/mol. The molecule has 1 aliphatic heterocycles. The van der Waals surface area contributed by atoms with Crippen molar-refractivity contribution in [3.63, 3.8) is 0 Å². The summed E-state index contributed by atoms with van der Waals surface area (Å²) in [7, 11) is 0. The first-order valence-corrected chi connectivity index (χ1v) is 9.65. The number of carboxylic acid groups (broad SMARTS) is 1. The number of amides is 1. The molecule has 2 heterocycles. The molecule has 0 aromatic carbocycles. The molecule has 1 aromatic rings. The maximum atomic E-state index is 11.2. The Morgan fingerprint density at radius 1 is 1.20 bits per heavy atom. The third kappa shape index (κ3) is 2.66. The molecule has 6 rings (SSSR count). The van der Waals surface area contributed by atoms with E-state index in [4.69, 9.17) is 0 Å². The number of nitrogens with one attached hydrogen (secondary N) is 1. The van der Waals surface area contributed by atoms with Crippen LogP contribution in [-0.4, -0.2) is 39.2 Å². The summed E-state index contributed by atoms with van der Waals surface area (Å²) in [6, 6.07) is 0. The zero-order valence-corrected chi connectivity index (χ0v) is 14.6. The molecule has 2 N–H and O–H groups in total. The first-order valence-electron chi connectivity index (χ1n) is 9.65. The van der Waals surface area contributed by atoms with Gasteiger partial charge in [0.15, 0.2) is 0 Å². The second-order valence-corrected chi connectivity index (χ2v) is 8.87. The van der Waals surface area contributed by atoms with Gasteiger partial charge in [-0.3, -0.25) is 0 Å². The summed E-state index contributed by atoms with van der Waals surface area (Å²) in [5.74, 6) is 3.80. The number of carbonyl (C=O) groups is 1. The Bertz CT molecular complexity index is 669. The predicted octanol–water partition coefficient (Wildman–Crippen LogP) is 3.14. The summed E-state index contributed by atoms with van der Waals surface area (Å²) in [5, 5.41) is 12.9. The maximum Gasteiger partial charge on any atom is 0.407 e. The van der Waals surface area contributed by atoms with Gasteiger partial charge in [-0.15, -0.1) is 0 Å². The van der Waals surface area contributed by atoms with Crippen molar-refractivity contribution in [1.29, 1.82) is 0 Å². The molecule has 5 aliphatic rings. The molecular formula is C19H26N4O2. The van der Waals surface area contributed by atoms with Crippen LogP contribution in [0.3, 0.4) is 0 Å². The van der Waals surface area contributed by atoms with Gasteiger partial charge in [-0.05, 0) is 68.1 Å². The second kappa shape index (κ2) is 5.58. The lowest BCUT2D eigenvalue weighted by Gasteiger charge is -2.57. The van der Waals surface area contributed by atoms with Gasteiger partial charge in [0, 0.05) is 18.7 Å². The van der Waals surface area contributed by atoms with Crippen LogP contribution in [0.15, 0.2) is 6.33 Å². The highest BCUT2D eigenvalue weighted by Gasteiger charge is 2.50. The minimum Gasteiger partial charge on any atom is -0.465 e. The quantitative estimate of drug-likeness (QED) is 0.882. The van der Waals surface area contributed by atoms with Crippen LogP contribution in [0.5, 0.6) is 0 Å². The summed E-state index contributed by atoms with van der Waals surface area (Å²) < 4.78 is 0. The zero-order valence-electron chi connectivity index (χ0n) is 14.6. The molecule has 1 aromatic heterocycles. The second-order valence-electron chi connectivity index (χ2n) is 8.87. The monoisotopic (exact) mass is 342 g/mol. The lowest BCUT2D eigenvalue weighted by atomic mass is 9.49. The zero-order chi connectivity index (χ0) is 17.0. The first kappa shape index (κ1) is 15.4. The van der Waals surface area contributed by atoms with Crippen molar-refractivity contribution < 1.29 is 9.90 Å². The van der Waals surface area contributed by atoms with E-state index in [1.807, 2.05) is 0 Å². The fraction of sp³-hybridized carbons (Fsp3) is 0.737. The van der Waals surface area contributed by atoms with E-state index in [2.05, 4.69) is 15.3 Å². The van der Waals surface area contributed by atoms with Crippen LogP contribution in [0.4, 0.5) is 10.6 Å². The minimum atomic E-state index is -0.868. The highest BCUT2D eigenvalue weighted by atomic mass is 16.4. The van der Waals surface area contributed by atoms with Crippen LogP contribution >= 0.6 is 0 Å². The molecule has 4 aliphatic carbocycles. The first-order chi connectivity index (χ1) is 12.1. The molecular weight excluding hydrogens is 316 g/mol. The number of aromatic nitrogens is 2. The molecule has 0 spiro atoms. The van der Waals surface area contributed by atoms with Crippen molar-refractivity contribution in [3.8, 4) is 0 Å².